The van der Waals surface area contributed by atoms with Gasteiger partial charge in [-0.2, -0.15) is 5.10 Å². The summed E-state index contributed by atoms with van der Waals surface area (Å²) in [5, 5.41) is 7.02. The molecule has 1 aliphatic rings. The van der Waals surface area contributed by atoms with Crippen LogP contribution < -0.4 is 0 Å². The molecule has 4 rings (SSSR count). The number of nitrogens with one attached hydrogen (secondary N) is 1. The molecule has 1 saturated carbocycles. The number of amides is 1. The topological polar surface area (TPSA) is 75.3 Å². The van der Waals surface area contributed by atoms with Gasteiger partial charge in [0.05, 0.1) is 18.6 Å². The largest absolute Gasteiger partial charge is 0.467 e. The van der Waals surface area contributed by atoms with Gasteiger partial charge in [-0.3, -0.25) is 9.89 Å². The number of rotatable bonds is 5. The molecule has 0 aromatic carbocycles. The van der Waals surface area contributed by atoms with Crippen molar-refractivity contribution in [1.82, 2.24) is 15.1 Å². The molecule has 0 spiro atoms. The van der Waals surface area contributed by atoms with Crippen molar-refractivity contribution in [1.29, 1.82) is 0 Å². The predicted molar refractivity (Wildman–Crippen MR) is 82.6 cm³/mol. The summed E-state index contributed by atoms with van der Waals surface area (Å²) in [7, 11) is 0. The highest BCUT2D eigenvalue weighted by Gasteiger charge is 2.38. The zero-order chi connectivity index (χ0) is 15.8. The van der Waals surface area contributed by atoms with Crippen molar-refractivity contribution in [3.8, 4) is 11.5 Å². The zero-order valence-corrected chi connectivity index (χ0v) is 12.7. The van der Waals surface area contributed by atoms with Crippen molar-refractivity contribution in [2.45, 2.75) is 31.8 Å². The highest BCUT2D eigenvalue weighted by molar-refractivity contribution is 5.94. The minimum atomic E-state index is -0.117. The van der Waals surface area contributed by atoms with Gasteiger partial charge >= 0.3 is 0 Å². The Morgan fingerprint density at radius 3 is 2.74 bits per heavy atom. The Morgan fingerprint density at radius 2 is 2.09 bits per heavy atom. The van der Waals surface area contributed by atoms with Gasteiger partial charge in [0.15, 0.2) is 11.5 Å². The fraction of sp³-hybridized carbons (Fsp3) is 0.294. The molecule has 3 aromatic rings. The minimum absolute atomic E-state index is 0.0922. The molecule has 23 heavy (non-hydrogen) atoms. The van der Waals surface area contributed by atoms with E-state index in [2.05, 4.69) is 10.2 Å². The van der Waals surface area contributed by atoms with Crippen molar-refractivity contribution >= 4 is 5.91 Å². The summed E-state index contributed by atoms with van der Waals surface area (Å²) in [5.41, 5.74) is 1.08. The zero-order valence-electron chi connectivity index (χ0n) is 12.7. The second kappa shape index (κ2) is 5.46. The molecule has 6 nitrogen and oxygen atoms in total. The maximum absolute atomic E-state index is 12.9. The standard InChI is InChI=1S/C17H17N3O3/c1-11(15-4-2-8-22-15)20(12-6-7-12)17(21)14-10-13(18-19-14)16-5-3-9-23-16/h2-5,8-12H,6-7H2,1H3,(H,18,19). The fourth-order valence-corrected chi connectivity index (χ4v) is 2.80. The molecule has 0 aliphatic heterocycles. The van der Waals surface area contributed by atoms with Crippen molar-refractivity contribution in [3.05, 3.63) is 54.3 Å². The third kappa shape index (κ3) is 2.56. The van der Waals surface area contributed by atoms with Crippen LogP contribution in [0.4, 0.5) is 0 Å². The number of nitrogens with zero attached hydrogens (tertiary/aromatic N) is 2. The third-order valence-corrected chi connectivity index (χ3v) is 4.13. The van der Waals surface area contributed by atoms with E-state index in [1.54, 1.807) is 24.7 Å². The van der Waals surface area contributed by atoms with Crippen molar-refractivity contribution in [2.24, 2.45) is 0 Å². The number of aromatic nitrogens is 2. The lowest BCUT2D eigenvalue weighted by Crippen LogP contribution is -2.35. The molecule has 1 N–H and O–H groups in total. The molecular formula is C17H17N3O3. The first-order chi connectivity index (χ1) is 11.2. The normalized spacial score (nSPS) is 15.5. The maximum atomic E-state index is 12.9. The molecule has 1 atom stereocenters. The summed E-state index contributed by atoms with van der Waals surface area (Å²) < 4.78 is 10.8. The Labute approximate surface area is 133 Å². The number of H-pyrrole nitrogens is 1. The van der Waals surface area contributed by atoms with Gasteiger partial charge in [0.1, 0.15) is 11.5 Å². The first-order valence-electron chi connectivity index (χ1n) is 7.69. The van der Waals surface area contributed by atoms with E-state index in [1.807, 2.05) is 30.0 Å². The molecule has 1 fully saturated rings. The molecule has 3 aromatic heterocycles. The van der Waals surface area contributed by atoms with Crippen LogP contribution in [0, 0.1) is 0 Å². The Hall–Kier alpha value is -2.76. The number of furan rings is 2. The Bertz CT molecular complexity index is 785. The lowest BCUT2D eigenvalue weighted by atomic mass is 10.2. The van der Waals surface area contributed by atoms with Crippen LogP contribution in [0.3, 0.4) is 0 Å². The van der Waals surface area contributed by atoms with Gasteiger partial charge in [-0.25, -0.2) is 0 Å². The van der Waals surface area contributed by atoms with E-state index in [4.69, 9.17) is 8.83 Å². The fourth-order valence-electron chi connectivity index (χ4n) is 2.80. The summed E-state index contributed by atoms with van der Waals surface area (Å²) in [5.74, 6) is 1.35. The van der Waals surface area contributed by atoms with E-state index in [0.29, 0.717) is 17.1 Å². The van der Waals surface area contributed by atoms with Gasteiger partial charge < -0.3 is 13.7 Å². The van der Waals surface area contributed by atoms with E-state index in [-0.39, 0.29) is 18.0 Å². The number of aromatic amines is 1. The van der Waals surface area contributed by atoms with Gasteiger partial charge in [-0.1, -0.05) is 0 Å². The maximum Gasteiger partial charge on any atom is 0.275 e. The first-order valence-corrected chi connectivity index (χ1v) is 7.69. The average molecular weight is 311 g/mol. The average Bonchev–Trinajstić information content (AvgIpc) is 3.08. The smallest absolute Gasteiger partial charge is 0.275 e. The van der Waals surface area contributed by atoms with Crippen molar-refractivity contribution in [3.63, 3.8) is 0 Å². The summed E-state index contributed by atoms with van der Waals surface area (Å²) in [6, 6.07) is 9.22. The van der Waals surface area contributed by atoms with Crippen molar-refractivity contribution < 1.29 is 13.6 Å². The molecule has 118 valence electrons. The van der Waals surface area contributed by atoms with Crippen LogP contribution >= 0.6 is 0 Å². The lowest BCUT2D eigenvalue weighted by Gasteiger charge is -2.27. The van der Waals surface area contributed by atoms with Crippen LogP contribution in [0.15, 0.2) is 51.7 Å². The van der Waals surface area contributed by atoms with E-state index < -0.39 is 0 Å². The summed E-state index contributed by atoms with van der Waals surface area (Å²) in [6.07, 6.45) is 5.26. The Morgan fingerprint density at radius 1 is 1.30 bits per heavy atom. The Kier molecular flexibility index (Phi) is 3.29. The van der Waals surface area contributed by atoms with Gasteiger partial charge in [-0.05, 0) is 44.0 Å². The molecular weight excluding hydrogens is 294 g/mol. The summed E-state index contributed by atoms with van der Waals surface area (Å²) in [6.45, 7) is 1.98. The van der Waals surface area contributed by atoms with Gasteiger partial charge in [-0.15, -0.1) is 0 Å². The molecule has 0 bridgehead atoms. The quantitative estimate of drug-likeness (QED) is 0.780. The number of carbonyl (C=O) groups is 1. The van der Waals surface area contributed by atoms with Crippen molar-refractivity contribution in [2.75, 3.05) is 0 Å². The number of hydrogen-bond acceptors (Lipinski definition) is 4. The summed E-state index contributed by atoms with van der Waals surface area (Å²) in [4.78, 5) is 14.8. The molecule has 1 unspecified atom stereocenters. The van der Waals surface area contributed by atoms with Gasteiger partial charge in [0.25, 0.3) is 5.91 Å². The molecule has 0 saturated heterocycles. The van der Waals surface area contributed by atoms with Crippen LogP contribution in [0.2, 0.25) is 0 Å². The third-order valence-electron chi connectivity index (χ3n) is 4.13. The number of carbonyl (C=O) groups excluding carboxylic acids is 1. The van der Waals surface area contributed by atoms with E-state index in [0.717, 1.165) is 18.6 Å². The van der Waals surface area contributed by atoms with Crippen LogP contribution in [0.25, 0.3) is 11.5 Å². The molecule has 1 amide bonds. The predicted octanol–water partition coefficient (Wildman–Crippen LogP) is 3.63. The van der Waals surface area contributed by atoms with E-state index >= 15 is 0 Å². The minimum Gasteiger partial charge on any atom is -0.467 e. The monoisotopic (exact) mass is 311 g/mol. The van der Waals surface area contributed by atoms with Crippen LogP contribution in [-0.2, 0) is 0 Å². The first kappa shape index (κ1) is 13.9. The van der Waals surface area contributed by atoms with Crippen LogP contribution in [0.1, 0.15) is 42.1 Å². The second-order valence-corrected chi connectivity index (χ2v) is 5.78. The molecule has 3 heterocycles. The SMILES string of the molecule is CC(c1ccco1)N(C(=O)c1cc(-c2ccco2)[nH]n1)C1CC1. The molecule has 0 radical (unpaired) electrons. The van der Waals surface area contributed by atoms with E-state index in [9.17, 15) is 4.79 Å². The van der Waals surface area contributed by atoms with Gasteiger partial charge in [0.2, 0.25) is 0 Å². The lowest BCUT2D eigenvalue weighted by molar-refractivity contribution is 0.0646. The van der Waals surface area contributed by atoms with Gasteiger partial charge in [0, 0.05) is 12.1 Å². The summed E-state index contributed by atoms with van der Waals surface area (Å²) >= 11 is 0. The Balaban J connectivity index is 1.61. The van der Waals surface area contributed by atoms with Crippen LogP contribution in [0.5, 0.6) is 0 Å². The van der Waals surface area contributed by atoms with E-state index in [1.165, 1.54) is 0 Å². The highest BCUT2D eigenvalue weighted by atomic mass is 16.3. The van der Waals surface area contributed by atoms with Crippen LogP contribution in [-0.4, -0.2) is 27.0 Å². The molecule has 6 heteroatoms. The highest BCUT2D eigenvalue weighted by Crippen LogP contribution is 2.35. The second-order valence-electron chi connectivity index (χ2n) is 5.78. The molecule has 1 aliphatic carbocycles. The number of hydrogen-bond donors (Lipinski definition) is 1.